The molecule has 4 nitrogen and oxygen atoms in total. The van der Waals surface area contributed by atoms with Crippen LogP contribution in [0.1, 0.15) is 27.2 Å². The van der Waals surface area contributed by atoms with Crippen LogP contribution in [0.25, 0.3) is 11.0 Å². The lowest BCUT2D eigenvalue weighted by molar-refractivity contribution is 0.0992. The van der Waals surface area contributed by atoms with Gasteiger partial charge in [-0.15, -0.1) is 0 Å². The first-order valence-corrected chi connectivity index (χ1v) is 8.32. The highest BCUT2D eigenvalue weighted by Gasteiger charge is 2.09. The maximum absolute atomic E-state index is 12.9. The van der Waals surface area contributed by atoms with Crippen molar-refractivity contribution in [2.75, 3.05) is 0 Å². The molecule has 0 bridgehead atoms. The molecule has 1 aromatic carbocycles. The monoisotopic (exact) mass is 345 g/mol. The van der Waals surface area contributed by atoms with Gasteiger partial charge in [0.15, 0.2) is 5.78 Å². The normalized spacial score (nSPS) is 11.0. The second-order valence-corrected chi connectivity index (χ2v) is 6.15. The van der Waals surface area contributed by atoms with Gasteiger partial charge in [-0.3, -0.25) is 9.78 Å². The van der Waals surface area contributed by atoms with E-state index in [-0.39, 0.29) is 18.0 Å². The van der Waals surface area contributed by atoms with Crippen LogP contribution in [-0.4, -0.2) is 20.7 Å². The summed E-state index contributed by atoms with van der Waals surface area (Å²) in [5, 5.41) is 1.10. The standard InChI is InChI=1S/C21H16FN3O/c22-17-6-4-15(5-7-17)20(26)11-18-8-3-14(12-24-18)10-16-13-25-21-19(16)2-1-9-23-21/h1-9,12-13H,10-11H2,(H,23,25). The van der Waals surface area contributed by atoms with Crippen LogP contribution in [0, 0.1) is 5.82 Å². The summed E-state index contributed by atoms with van der Waals surface area (Å²) in [4.78, 5) is 24.1. The number of halogens is 1. The lowest BCUT2D eigenvalue weighted by Gasteiger charge is -2.04. The number of carbonyl (C=O) groups excluding carboxylic acids is 1. The largest absolute Gasteiger partial charge is 0.346 e. The summed E-state index contributed by atoms with van der Waals surface area (Å²) in [6.07, 6.45) is 6.46. The van der Waals surface area contributed by atoms with Gasteiger partial charge >= 0.3 is 0 Å². The maximum atomic E-state index is 12.9. The second-order valence-electron chi connectivity index (χ2n) is 6.15. The molecule has 0 saturated heterocycles. The zero-order chi connectivity index (χ0) is 17.9. The summed E-state index contributed by atoms with van der Waals surface area (Å²) in [5.41, 5.74) is 4.28. The molecular weight excluding hydrogens is 329 g/mol. The average Bonchev–Trinajstić information content (AvgIpc) is 3.07. The first-order valence-electron chi connectivity index (χ1n) is 8.32. The van der Waals surface area contributed by atoms with Crippen LogP contribution in [0.5, 0.6) is 0 Å². The Bertz CT molecular complexity index is 1050. The summed E-state index contributed by atoms with van der Waals surface area (Å²) in [5.74, 6) is -0.426. The molecule has 0 amide bonds. The van der Waals surface area contributed by atoms with Crippen LogP contribution >= 0.6 is 0 Å². The van der Waals surface area contributed by atoms with E-state index in [2.05, 4.69) is 15.0 Å². The predicted octanol–water partition coefficient (Wildman–Crippen LogP) is 4.11. The van der Waals surface area contributed by atoms with Crippen LogP contribution in [0.15, 0.2) is 67.1 Å². The number of pyridine rings is 2. The molecule has 0 aliphatic rings. The summed E-state index contributed by atoms with van der Waals surface area (Å²) < 4.78 is 12.9. The minimum absolute atomic E-state index is 0.0760. The van der Waals surface area contributed by atoms with Crippen LogP contribution in [0.3, 0.4) is 0 Å². The number of rotatable bonds is 5. The van der Waals surface area contributed by atoms with Gasteiger partial charge in [-0.05, 0) is 53.6 Å². The van der Waals surface area contributed by atoms with Crippen molar-refractivity contribution in [2.45, 2.75) is 12.8 Å². The Labute approximate surface area is 149 Å². The molecule has 4 rings (SSSR count). The van der Waals surface area contributed by atoms with Gasteiger partial charge in [-0.25, -0.2) is 9.37 Å². The van der Waals surface area contributed by atoms with Gasteiger partial charge in [0.2, 0.25) is 0 Å². The molecule has 0 spiro atoms. The molecule has 5 heteroatoms. The Balaban J connectivity index is 1.46. The number of carbonyl (C=O) groups is 1. The molecule has 0 radical (unpaired) electrons. The summed E-state index contributed by atoms with van der Waals surface area (Å²) in [7, 11) is 0. The van der Waals surface area contributed by atoms with Crippen molar-refractivity contribution in [3.63, 3.8) is 0 Å². The van der Waals surface area contributed by atoms with Gasteiger partial charge in [0, 0.05) is 41.7 Å². The van der Waals surface area contributed by atoms with Gasteiger partial charge < -0.3 is 4.98 Å². The number of H-pyrrole nitrogens is 1. The average molecular weight is 345 g/mol. The molecule has 4 aromatic rings. The van der Waals surface area contributed by atoms with Crippen LogP contribution < -0.4 is 0 Å². The molecule has 0 atom stereocenters. The quantitative estimate of drug-likeness (QED) is 0.554. The SMILES string of the molecule is O=C(Cc1ccc(Cc2c[nH]c3ncccc23)cn1)c1ccc(F)cc1. The fraction of sp³-hybridized carbons (Fsp3) is 0.0952. The first kappa shape index (κ1) is 16.1. The van der Waals surface area contributed by atoms with E-state index < -0.39 is 0 Å². The molecule has 3 heterocycles. The van der Waals surface area contributed by atoms with Crippen molar-refractivity contribution in [1.82, 2.24) is 15.0 Å². The van der Waals surface area contributed by atoms with Crippen LogP contribution in [0.2, 0.25) is 0 Å². The molecule has 0 unspecified atom stereocenters. The third kappa shape index (κ3) is 3.37. The third-order valence-electron chi connectivity index (χ3n) is 4.33. The molecule has 128 valence electrons. The Kier molecular flexibility index (Phi) is 4.27. The smallest absolute Gasteiger partial charge is 0.168 e. The highest BCUT2D eigenvalue weighted by Crippen LogP contribution is 2.19. The minimum atomic E-state index is -0.350. The van der Waals surface area contributed by atoms with E-state index in [0.717, 1.165) is 28.6 Å². The van der Waals surface area contributed by atoms with Gasteiger partial charge in [-0.1, -0.05) is 6.07 Å². The van der Waals surface area contributed by atoms with E-state index in [0.29, 0.717) is 11.3 Å². The number of nitrogens with zero attached hydrogens (tertiary/aromatic N) is 2. The first-order chi connectivity index (χ1) is 12.7. The fourth-order valence-electron chi connectivity index (χ4n) is 2.95. The molecule has 26 heavy (non-hydrogen) atoms. The Hall–Kier alpha value is -3.34. The third-order valence-corrected chi connectivity index (χ3v) is 4.33. The Morgan fingerprint density at radius 1 is 1.04 bits per heavy atom. The lowest BCUT2D eigenvalue weighted by Crippen LogP contribution is -2.05. The molecule has 0 fully saturated rings. The van der Waals surface area contributed by atoms with Crippen molar-refractivity contribution in [3.8, 4) is 0 Å². The highest BCUT2D eigenvalue weighted by atomic mass is 19.1. The van der Waals surface area contributed by atoms with Crippen LogP contribution in [0.4, 0.5) is 4.39 Å². The number of hydrogen-bond acceptors (Lipinski definition) is 3. The molecule has 0 aliphatic carbocycles. The van der Waals surface area contributed by atoms with Gasteiger partial charge in [0.05, 0.1) is 6.42 Å². The second kappa shape index (κ2) is 6.88. The number of fused-ring (bicyclic) bond motifs is 1. The van der Waals surface area contributed by atoms with E-state index in [1.165, 1.54) is 24.3 Å². The summed E-state index contributed by atoms with van der Waals surface area (Å²) in [6.45, 7) is 0. The van der Waals surface area contributed by atoms with E-state index in [9.17, 15) is 9.18 Å². The number of hydrogen-bond donors (Lipinski definition) is 1. The number of Topliss-reactive ketones (excluding diaryl/α,β-unsaturated/α-hetero) is 1. The number of benzene rings is 1. The van der Waals surface area contributed by atoms with E-state index in [4.69, 9.17) is 0 Å². The van der Waals surface area contributed by atoms with Crippen molar-refractivity contribution in [3.05, 3.63) is 95.3 Å². The molecule has 1 N–H and O–H groups in total. The number of ketones is 1. The zero-order valence-electron chi connectivity index (χ0n) is 13.9. The topological polar surface area (TPSA) is 58.6 Å². The molecule has 3 aromatic heterocycles. The van der Waals surface area contributed by atoms with Gasteiger partial charge in [0.25, 0.3) is 0 Å². The summed E-state index contributed by atoms with van der Waals surface area (Å²) in [6, 6.07) is 13.4. The summed E-state index contributed by atoms with van der Waals surface area (Å²) >= 11 is 0. The van der Waals surface area contributed by atoms with Crippen molar-refractivity contribution in [2.24, 2.45) is 0 Å². The maximum Gasteiger partial charge on any atom is 0.168 e. The molecular formula is C21H16FN3O. The van der Waals surface area contributed by atoms with Crippen molar-refractivity contribution in [1.29, 1.82) is 0 Å². The molecule has 0 saturated carbocycles. The minimum Gasteiger partial charge on any atom is -0.346 e. The Morgan fingerprint density at radius 3 is 2.65 bits per heavy atom. The van der Waals surface area contributed by atoms with Crippen LogP contribution in [-0.2, 0) is 12.8 Å². The number of nitrogens with one attached hydrogen (secondary N) is 1. The highest BCUT2D eigenvalue weighted by molar-refractivity contribution is 5.97. The van der Waals surface area contributed by atoms with Crippen molar-refractivity contribution < 1.29 is 9.18 Å². The van der Waals surface area contributed by atoms with E-state index >= 15 is 0 Å². The predicted molar refractivity (Wildman–Crippen MR) is 97.6 cm³/mol. The fourth-order valence-corrected chi connectivity index (χ4v) is 2.95. The Morgan fingerprint density at radius 2 is 1.88 bits per heavy atom. The number of aromatic nitrogens is 3. The van der Waals surface area contributed by atoms with E-state index in [1.54, 1.807) is 12.4 Å². The number of aromatic amines is 1. The van der Waals surface area contributed by atoms with Crippen molar-refractivity contribution >= 4 is 16.8 Å². The van der Waals surface area contributed by atoms with Gasteiger partial charge in [-0.2, -0.15) is 0 Å². The van der Waals surface area contributed by atoms with Gasteiger partial charge in [0.1, 0.15) is 11.5 Å². The zero-order valence-corrected chi connectivity index (χ0v) is 13.9. The van der Waals surface area contributed by atoms with E-state index in [1.807, 2.05) is 30.5 Å². The lowest BCUT2D eigenvalue weighted by atomic mass is 10.0. The molecule has 0 aliphatic heterocycles.